The van der Waals surface area contributed by atoms with Gasteiger partial charge in [0.1, 0.15) is 19.0 Å². The number of hydrogen-bond donors (Lipinski definition) is 1. The standard InChI is InChI=1S/C29H19BrClFN2O4S/c30-23-11-17(12-24(31)27(23)38-16-19-7-3-6-18-5-1-2-10-22(18)19)13-25-28(36)34(29(37)39-25)15-26(35)33-21-9-4-8-20(32)14-21/h1-14H,15-16H2,(H,33,35)/b25-13+. The number of nitrogens with zero attached hydrogens (tertiary/aromatic N) is 1. The second-order valence-electron chi connectivity index (χ2n) is 8.57. The van der Waals surface area contributed by atoms with Crippen LogP contribution in [0.1, 0.15) is 11.1 Å². The lowest BCUT2D eigenvalue weighted by molar-refractivity contribution is -0.127. The van der Waals surface area contributed by atoms with Crippen molar-refractivity contribution in [3.8, 4) is 5.75 Å². The summed E-state index contributed by atoms with van der Waals surface area (Å²) >= 11 is 10.7. The molecule has 39 heavy (non-hydrogen) atoms. The normalized spacial score (nSPS) is 14.3. The van der Waals surface area contributed by atoms with Gasteiger partial charge in [-0.3, -0.25) is 19.3 Å². The molecule has 4 aromatic rings. The van der Waals surface area contributed by atoms with Crippen LogP contribution in [0.5, 0.6) is 5.75 Å². The van der Waals surface area contributed by atoms with Gasteiger partial charge in [0.15, 0.2) is 5.75 Å². The van der Waals surface area contributed by atoms with E-state index in [0.717, 1.165) is 39.1 Å². The molecule has 0 atom stereocenters. The third-order valence-electron chi connectivity index (χ3n) is 5.85. The summed E-state index contributed by atoms with van der Waals surface area (Å²) in [7, 11) is 0. The van der Waals surface area contributed by atoms with Crippen molar-refractivity contribution >= 4 is 78.9 Å². The monoisotopic (exact) mass is 624 g/mol. The highest BCUT2D eigenvalue weighted by Crippen LogP contribution is 2.38. The lowest BCUT2D eigenvalue weighted by atomic mass is 10.1. The first-order valence-electron chi connectivity index (χ1n) is 11.7. The molecule has 1 N–H and O–H groups in total. The molecule has 10 heteroatoms. The fourth-order valence-electron chi connectivity index (χ4n) is 4.07. The molecule has 0 unspecified atom stereocenters. The van der Waals surface area contributed by atoms with Gasteiger partial charge in [0.25, 0.3) is 11.1 Å². The minimum absolute atomic E-state index is 0.144. The first-order chi connectivity index (χ1) is 18.8. The minimum atomic E-state index is -0.623. The van der Waals surface area contributed by atoms with Gasteiger partial charge in [-0.1, -0.05) is 60.1 Å². The topological polar surface area (TPSA) is 75.7 Å². The zero-order valence-corrected chi connectivity index (χ0v) is 23.3. The zero-order chi connectivity index (χ0) is 27.5. The summed E-state index contributed by atoms with van der Waals surface area (Å²) in [6.45, 7) is -0.195. The summed E-state index contributed by atoms with van der Waals surface area (Å²) in [5.74, 6) is -1.30. The molecule has 0 aliphatic carbocycles. The number of ether oxygens (including phenoxy) is 1. The van der Waals surface area contributed by atoms with Crippen molar-refractivity contribution in [2.45, 2.75) is 6.61 Å². The van der Waals surface area contributed by atoms with E-state index in [1.165, 1.54) is 24.3 Å². The zero-order valence-electron chi connectivity index (χ0n) is 20.1. The van der Waals surface area contributed by atoms with E-state index in [9.17, 15) is 18.8 Å². The third kappa shape index (κ3) is 6.16. The van der Waals surface area contributed by atoms with Crippen molar-refractivity contribution in [1.82, 2.24) is 4.90 Å². The molecular formula is C29H19BrClFN2O4S. The van der Waals surface area contributed by atoms with Crippen molar-refractivity contribution < 1.29 is 23.5 Å². The summed E-state index contributed by atoms with van der Waals surface area (Å²) in [4.78, 5) is 38.7. The second kappa shape index (κ2) is 11.6. The van der Waals surface area contributed by atoms with Crippen LogP contribution in [0, 0.1) is 5.82 Å². The van der Waals surface area contributed by atoms with E-state index < -0.39 is 29.4 Å². The number of rotatable bonds is 7. The number of halogens is 3. The van der Waals surface area contributed by atoms with E-state index in [1.54, 1.807) is 12.1 Å². The smallest absolute Gasteiger partial charge is 0.294 e. The van der Waals surface area contributed by atoms with E-state index >= 15 is 0 Å². The summed E-state index contributed by atoms with van der Waals surface area (Å²) in [6.07, 6.45) is 1.53. The Hall–Kier alpha value is -3.66. The predicted molar refractivity (Wildman–Crippen MR) is 155 cm³/mol. The Balaban J connectivity index is 1.28. The molecule has 1 aliphatic heterocycles. The van der Waals surface area contributed by atoms with Crippen molar-refractivity contribution in [2.24, 2.45) is 0 Å². The Morgan fingerprint density at radius 2 is 1.82 bits per heavy atom. The average molecular weight is 626 g/mol. The fraction of sp³-hybridized carbons (Fsp3) is 0.0690. The second-order valence-corrected chi connectivity index (χ2v) is 10.8. The minimum Gasteiger partial charge on any atom is -0.486 e. The van der Waals surface area contributed by atoms with Crippen molar-refractivity contribution in [3.63, 3.8) is 0 Å². The van der Waals surface area contributed by atoms with Crippen molar-refractivity contribution in [1.29, 1.82) is 0 Å². The number of fused-ring (bicyclic) bond motifs is 1. The Bertz CT molecular complexity index is 1630. The molecule has 196 valence electrons. The number of anilines is 1. The molecule has 4 aromatic carbocycles. The lowest BCUT2D eigenvalue weighted by Crippen LogP contribution is -2.36. The van der Waals surface area contributed by atoms with Crippen LogP contribution in [0.4, 0.5) is 14.9 Å². The molecule has 0 spiro atoms. The molecule has 6 nitrogen and oxygen atoms in total. The lowest BCUT2D eigenvalue weighted by Gasteiger charge is -2.13. The van der Waals surface area contributed by atoms with E-state index in [0.29, 0.717) is 27.4 Å². The highest BCUT2D eigenvalue weighted by molar-refractivity contribution is 9.10. The van der Waals surface area contributed by atoms with Crippen molar-refractivity contribution in [3.05, 3.63) is 110 Å². The number of carbonyl (C=O) groups excluding carboxylic acids is 3. The molecule has 1 heterocycles. The maximum absolute atomic E-state index is 13.4. The van der Waals surface area contributed by atoms with Gasteiger partial charge in [0.05, 0.1) is 14.4 Å². The number of benzene rings is 4. The van der Waals surface area contributed by atoms with Crippen LogP contribution in [0.25, 0.3) is 16.8 Å². The van der Waals surface area contributed by atoms with Crippen LogP contribution in [-0.2, 0) is 16.2 Å². The van der Waals surface area contributed by atoms with Gasteiger partial charge in [0.2, 0.25) is 5.91 Å². The van der Waals surface area contributed by atoms with Crippen LogP contribution in [0.15, 0.2) is 88.2 Å². The Morgan fingerprint density at radius 1 is 1.05 bits per heavy atom. The quantitative estimate of drug-likeness (QED) is 0.214. The van der Waals surface area contributed by atoms with Crippen LogP contribution < -0.4 is 10.1 Å². The molecule has 1 aliphatic rings. The summed E-state index contributed by atoms with van der Waals surface area (Å²) < 4.78 is 20.0. The average Bonchev–Trinajstić information content (AvgIpc) is 3.15. The first kappa shape index (κ1) is 26.9. The molecule has 5 rings (SSSR count). The van der Waals surface area contributed by atoms with E-state index in [1.807, 2.05) is 42.5 Å². The highest BCUT2D eigenvalue weighted by Gasteiger charge is 2.36. The van der Waals surface area contributed by atoms with Gasteiger partial charge in [0, 0.05) is 5.69 Å². The molecular weight excluding hydrogens is 607 g/mol. The van der Waals surface area contributed by atoms with Crippen LogP contribution >= 0.6 is 39.3 Å². The van der Waals surface area contributed by atoms with Gasteiger partial charge in [-0.15, -0.1) is 0 Å². The molecule has 0 bridgehead atoms. The van der Waals surface area contributed by atoms with Crippen LogP contribution in [-0.4, -0.2) is 28.5 Å². The van der Waals surface area contributed by atoms with E-state index in [4.69, 9.17) is 16.3 Å². The van der Waals surface area contributed by atoms with Crippen molar-refractivity contribution in [2.75, 3.05) is 11.9 Å². The van der Waals surface area contributed by atoms with Gasteiger partial charge in [-0.05, 0) is 86.0 Å². The summed E-state index contributed by atoms with van der Waals surface area (Å²) in [6, 6.07) is 22.7. The molecule has 0 radical (unpaired) electrons. The number of amides is 3. The number of carbonyl (C=O) groups is 3. The van der Waals surface area contributed by atoms with Gasteiger partial charge < -0.3 is 10.1 Å². The largest absolute Gasteiger partial charge is 0.486 e. The summed E-state index contributed by atoms with van der Waals surface area (Å²) in [5, 5.41) is 4.42. The predicted octanol–water partition coefficient (Wildman–Crippen LogP) is 7.65. The van der Waals surface area contributed by atoms with E-state index in [-0.39, 0.29) is 10.6 Å². The Kier molecular flexibility index (Phi) is 8.02. The highest BCUT2D eigenvalue weighted by atomic mass is 79.9. The Morgan fingerprint density at radius 3 is 2.62 bits per heavy atom. The maximum atomic E-state index is 13.4. The van der Waals surface area contributed by atoms with Gasteiger partial charge in [-0.25, -0.2) is 4.39 Å². The van der Waals surface area contributed by atoms with Crippen LogP contribution in [0.3, 0.4) is 0 Å². The number of hydrogen-bond acceptors (Lipinski definition) is 5. The Labute approximate surface area is 240 Å². The van der Waals surface area contributed by atoms with Gasteiger partial charge in [-0.2, -0.15) is 0 Å². The molecule has 1 saturated heterocycles. The number of nitrogens with one attached hydrogen (secondary N) is 1. The number of imide groups is 1. The van der Waals surface area contributed by atoms with Crippen LogP contribution in [0.2, 0.25) is 5.02 Å². The van der Waals surface area contributed by atoms with E-state index in [2.05, 4.69) is 21.2 Å². The number of thioether (sulfide) groups is 1. The fourth-order valence-corrected chi connectivity index (χ4v) is 5.89. The third-order valence-corrected chi connectivity index (χ3v) is 7.63. The molecule has 0 aromatic heterocycles. The molecule has 0 saturated carbocycles. The molecule has 3 amide bonds. The summed E-state index contributed by atoms with van der Waals surface area (Å²) in [5.41, 5.74) is 1.80. The van der Waals surface area contributed by atoms with Gasteiger partial charge >= 0.3 is 0 Å². The molecule has 1 fully saturated rings. The first-order valence-corrected chi connectivity index (χ1v) is 13.7. The SMILES string of the molecule is O=C(CN1C(=O)S/C(=C/c2cc(Cl)c(OCc3cccc4ccccc34)c(Br)c2)C1=O)Nc1cccc(F)c1. The maximum Gasteiger partial charge on any atom is 0.294 e.